The monoisotopic (exact) mass is 646 g/mol. The van der Waals surface area contributed by atoms with Crippen LogP contribution in [0.15, 0.2) is 115 Å². The number of benzene rings is 4. The maximum absolute atomic E-state index is 15.2. The van der Waals surface area contributed by atoms with E-state index in [-0.39, 0.29) is 24.7 Å². The minimum absolute atomic E-state index is 0.127. The van der Waals surface area contributed by atoms with Gasteiger partial charge >= 0.3 is 0 Å². The molecule has 8 rings (SSSR count). The van der Waals surface area contributed by atoms with Crippen LogP contribution < -0.4 is 9.80 Å². The van der Waals surface area contributed by atoms with Crippen molar-refractivity contribution in [2.75, 3.05) is 9.80 Å². The number of carbonyl (C=O) groups is 4. The zero-order chi connectivity index (χ0) is 32.6. The number of imide groups is 2. The molecule has 2 aliphatic carbocycles. The van der Waals surface area contributed by atoms with E-state index in [0.29, 0.717) is 33.1 Å². The van der Waals surface area contributed by atoms with Gasteiger partial charge in [0.1, 0.15) is 0 Å². The number of phenolic OH excluding ortho intramolecular Hbond substituents is 1. The molecule has 4 amide bonds. The smallest absolute Gasteiger partial charge is 0.246 e. The van der Waals surface area contributed by atoms with Gasteiger partial charge in [0.25, 0.3) is 0 Å². The van der Waals surface area contributed by atoms with Crippen LogP contribution in [-0.2, 0) is 24.6 Å². The summed E-state index contributed by atoms with van der Waals surface area (Å²) in [7, 11) is 0. The summed E-state index contributed by atoms with van der Waals surface area (Å²) in [6, 6.07) is 28.3. The van der Waals surface area contributed by atoms with E-state index in [4.69, 9.17) is 11.6 Å². The fourth-order valence-corrected chi connectivity index (χ4v) is 8.84. The number of rotatable bonds is 4. The summed E-state index contributed by atoms with van der Waals surface area (Å²) in [6.45, 7) is 0. The third kappa shape index (κ3) is 4.10. The predicted molar refractivity (Wildman–Crippen MR) is 173 cm³/mol. The molecule has 0 radical (unpaired) electrons. The second-order valence-electron chi connectivity index (χ2n) is 12.7. The Bertz CT molecular complexity index is 2020. The van der Waals surface area contributed by atoms with Crippen LogP contribution in [0.1, 0.15) is 29.9 Å². The highest BCUT2D eigenvalue weighted by Crippen LogP contribution is 2.64. The van der Waals surface area contributed by atoms with Crippen LogP contribution in [0.2, 0.25) is 5.02 Å². The average molecular weight is 647 g/mol. The molecule has 4 aromatic rings. The minimum atomic E-state index is -1.52. The second-order valence-corrected chi connectivity index (χ2v) is 13.1. The molecule has 234 valence electrons. The largest absolute Gasteiger partial charge is 0.505 e. The Hall–Kier alpha value is -5.08. The molecule has 7 nitrogen and oxygen atoms in total. The first-order valence-electron chi connectivity index (χ1n) is 15.5. The van der Waals surface area contributed by atoms with Crippen LogP contribution in [0, 0.1) is 29.5 Å². The van der Waals surface area contributed by atoms with E-state index in [1.54, 1.807) is 84.9 Å². The van der Waals surface area contributed by atoms with Gasteiger partial charge in [-0.15, -0.1) is 0 Å². The van der Waals surface area contributed by atoms with Gasteiger partial charge < -0.3 is 5.11 Å². The standard InChI is InChI=1S/C38H28ClFN2O5/c39-23-10-7-13-25(19-23)42-35(45)29-20-28-26(15-16-27-32(28)36(46)41(34(27)44)24-11-5-2-6-12-24)33(21-14-17-31(43)30(40)18-21)38(29,37(42)47)22-8-3-1-4-9-22/h1-15,17-19,27-29,32-33,43H,16,20H2. The number of amides is 4. The number of phenols is 1. The Balaban J connectivity index is 1.36. The summed E-state index contributed by atoms with van der Waals surface area (Å²) in [5, 5.41) is 10.5. The lowest BCUT2D eigenvalue weighted by Gasteiger charge is -2.50. The Morgan fingerprint density at radius 3 is 2.15 bits per heavy atom. The van der Waals surface area contributed by atoms with E-state index in [9.17, 15) is 19.5 Å². The lowest BCUT2D eigenvalue weighted by Crippen LogP contribution is -2.53. The molecule has 9 heteroatoms. The van der Waals surface area contributed by atoms with Crippen LogP contribution >= 0.6 is 11.6 Å². The van der Waals surface area contributed by atoms with Gasteiger partial charge in [-0.1, -0.05) is 83.9 Å². The third-order valence-electron chi connectivity index (χ3n) is 10.5. The van der Waals surface area contributed by atoms with Gasteiger partial charge in [0.15, 0.2) is 11.6 Å². The first kappa shape index (κ1) is 29.3. The Morgan fingerprint density at radius 1 is 0.745 bits per heavy atom. The van der Waals surface area contributed by atoms with E-state index in [2.05, 4.69) is 0 Å². The van der Waals surface area contributed by atoms with Gasteiger partial charge in [-0.3, -0.25) is 24.1 Å². The summed E-state index contributed by atoms with van der Waals surface area (Å²) in [5.74, 6) is -6.87. The Morgan fingerprint density at radius 2 is 1.45 bits per heavy atom. The number of allylic oxidation sites excluding steroid dienone is 2. The van der Waals surface area contributed by atoms with E-state index in [0.717, 1.165) is 0 Å². The molecular weight excluding hydrogens is 619 g/mol. The zero-order valence-electron chi connectivity index (χ0n) is 24.9. The molecule has 2 aliphatic heterocycles. The quantitative estimate of drug-likeness (QED) is 0.200. The average Bonchev–Trinajstić information content (AvgIpc) is 3.47. The Kier molecular flexibility index (Phi) is 6.70. The molecule has 4 aromatic carbocycles. The molecule has 4 aliphatic rings. The second kappa shape index (κ2) is 10.7. The molecule has 6 atom stereocenters. The maximum Gasteiger partial charge on any atom is 0.246 e. The van der Waals surface area contributed by atoms with Gasteiger partial charge in [-0.25, -0.2) is 9.29 Å². The van der Waals surface area contributed by atoms with Crippen molar-refractivity contribution >= 4 is 46.6 Å². The first-order chi connectivity index (χ1) is 22.7. The highest BCUT2D eigenvalue weighted by Gasteiger charge is 2.70. The molecule has 0 spiro atoms. The summed E-state index contributed by atoms with van der Waals surface area (Å²) in [4.78, 5) is 60.3. The van der Waals surface area contributed by atoms with Gasteiger partial charge in [-0.2, -0.15) is 0 Å². The lowest BCUT2D eigenvalue weighted by molar-refractivity contribution is -0.127. The minimum Gasteiger partial charge on any atom is -0.505 e. The molecule has 1 N–H and O–H groups in total. The number of halogens is 2. The highest BCUT2D eigenvalue weighted by atomic mass is 35.5. The van der Waals surface area contributed by atoms with Crippen LogP contribution in [0.5, 0.6) is 5.75 Å². The van der Waals surface area contributed by atoms with Gasteiger partial charge in [-0.05, 0) is 72.4 Å². The van der Waals surface area contributed by atoms with Crippen molar-refractivity contribution < 1.29 is 28.7 Å². The van der Waals surface area contributed by atoms with Crippen molar-refractivity contribution in [2.45, 2.75) is 24.2 Å². The lowest BCUT2D eigenvalue weighted by atomic mass is 9.49. The number of carbonyl (C=O) groups excluding carboxylic acids is 4. The summed E-state index contributed by atoms with van der Waals surface area (Å²) >= 11 is 6.34. The van der Waals surface area contributed by atoms with Gasteiger partial charge in [0.05, 0.1) is 34.5 Å². The van der Waals surface area contributed by atoms with E-state index >= 15 is 9.18 Å². The van der Waals surface area contributed by atoms with Crippen molar-refractivity contribution in [3.8, 4) is 5.75 Å². The molecule has 2 saturated heterocycles. The zero-order valence-corrected chi connectivity index (χ0v) is 25.7. The van der Waals surface area contributed by atoms with Gasteiger partial charge in [0.2, 0.25) is 23.6 Å². The summed E-state index contributed by atoms with van der Waals surface area (Å²) in [6.07, 6.45) is 2.29. The van der Waals surface area contributed by atoms with Crippen molar-refractivity contribution in [2.24, 2.45) is 23.7 Å². The number of aromatic hydroxyl groups is 1. The third-order valence-corrected chi connectivity index (χ3v) is 10.7. The summed E-state index contributed by atoms with van der Waals surface area (Å²) in [5.41, 5.74) is 0.933. The predicted octanol–water partition coefficient (Wildman–Crippen LogP) is 6.55. The number of para-hydroxylation sites is 1. The number of anilines is 2. The number of fused-ring (bicyclic) bond motifs is 4. The summed E-state index contributed by atoms with van der Waals surface area (Å²) < 4.78 is 15.2. The fraction of sp³-hybridized carbons (Fsp3) is 0.211. The van der Waals surface area contributed by atoms with Crippen LogP contribution in [0.4, 0.5) is 15.8 Å². The molecular formula is C38H28ClFN2O5. The molecule has 0 aromatic heterocycles. The van der Waals surface area contributed by atoms with Crippen LogP contribution in [0.3, 0.4) is 0 Å². The number of nitrogens with zero attached hydrogens (tertiary/aromatic N) is 2. The molecule has 47 heavy (non-hydrogen) atoms. The van der Waals surface area contributed by atoms with Crippen LogP contribution in [-0.4, -0.2) is 28.7 Å². The molecule has 6 unspecified atom stereocenters. The topological polar surface area (TPSA) is 95.0 Å². The molecule has 3 fully saturated rings. The van der Waals surface area contributed by atoms with Gasteiger partial charge in [0, 0.05) is 10.9 Å². The van der Waals surface area contributed by atoms with Crippen molar-refractivity contribution in [1.29, 1.82) is 0 Å². The Labute approximate surface area is 274 Å². The first-order valence-corrected chi connectivity index (χ1v) is 15.9. The van der Waals surface area contributed by atoms with E-state index < -0.39 is 58.4 Å². The normalized spacial score (nSPS) is 28.2. The van der Waals surface area contributed by atoms with Crippen molar-refractivity contribution in [1.82, 2.24) is 0 Å². The van der Waals surface area contributed by atoms with Crippen LogP contribution in [0.25, 0.3) is 0 Å². The van der Waals surface area contributed by atoms with E-state index in [1.165, 1.54) is 21.9 Å². The number of hydrogen-bond donors (Lipinski definition) is 1. The van der Waals surface area contributed by atoms with Crippen molar-refractivity contribution in [3.05, 3.63) is 137 Å². The molecule has 1 saturated carbocycles. The van der Waals surface area contributed by atoms with E-state index in [1.807, 2.05) is 12.1 Å². The van der Waals surface area contributed by atoms with Crippen molar-refractivity contribution in [3.63, 3.8) is 0 Å². The fourth-order valence-electron chi connectivity index (χ4n) is 8.65. The SMILES string of the molecule is O=C1C2CC=C3C(CC4C(=O)N(c5cccc(Cl)c5)C(=O)C4(c4ccccc4)C3c3ccc(O)c(F)c3)C2C(=O)N1c1ccccc1. The maximum atomic E-state index is 15.2. The molecule has 2 heterocycles. The highest BCUT2D eigenvalue weighted by molar-refractivity contribution is 6.32. The number of hydrogen-bond acceptors (Lipinski definition) is 5. The molecule has 0 bridgehead atoms.